The number of nitrogens with zero attached hydrogens (tertiary/aromatic N) is 2. The molecule has 1 fully saturated rings. The number of likely N-dealkylation sites (tertiary alicyclic amines) is 1. The minimum Gasteiger partial charge on any atom is -0.399 e. The molecule has 0 bridgehead atoms. The number of carbonyl (C=O) groups excluding carboxylic acids is 1. The van der Waals surface area contributed by atoms with Crippen molar-refractivity contribution in [3.63, 3.8) is 0 Å². The minimum absolute atomic E-state index is 0.0126. The van der Waals surface area contributed by atoms with Crippen molar-refractivity contribution in [3.05, 3.63) is 23.8 Å². The molecule has 116 valence electrons. The SMILES string of the molecule is CCCN1CCC(N(C)C(=O)c2ccc(N)cc2N)CC1. The van der Waals surface area contributed by atoms with Crippen LogP contribution < -0.4 is 11.5 Å². The maximum absolute atomic E-state index is 12.6. The van der Waals surface area contributed by atoms with Crippen LogP contribution >= 0.6 is 0 Å². The van der Waals surface area contributed by atoms with Crippen LogP contribution in [0.2, 0.25) is 0 Å². The lowest BCUT2D eigenvalue weighted by molar-refractivity contribution is 0.0644. The number of hydrogen-bond acceptors (Lipinski definition) is 4. The smallest absolute Gasteiger partial charge is 0.255 e. The van der Waals surface area contributed by atoms with E-state index >= 15 is 0 Å². The maximum Gasteiger partial charge on any atom is 0.255 e. The number of nitrogens with two attached hydrogens (primary N) is 2. The minimum atomic E-state index is -0.0126. The fourth-order valence-electron chi connectivity index (χ4n) is 2.98. The lowest BCUT2D eigenvalue weighted by Crippen LogP contribution is -2.45. The van der Waals surface area contributed by atoms with Crippen molar-refractivity contribution in [2.75, 3.05) is 38.1 Å². The monoisotopic (exact) mass is 290 g/mol. The number of carbonyl (C=O) groups is 1. The molecule has 1 aromatic rings. The number of hydrogen-bond donors (Lipinski definition) is 2. The van der Waals surface area contributed by atoms with E-state index in [0.29, 0.717) is 23.0 Å². The summed E-state index contributed by atoms with van der Waals surface area (Å²) in [6.45, 7) is 5.47. The molecular formula is C16H26N4O. The molecule has 5 nitrogen and oxygen atoms in total. The molecule has 0 aromatic heterocycles. The van der Waals surface area contributed by atoms with Gasteiger partial charge < -0.3 is 21.3 Å². The molecule has 0 aliphatic carbocycles. The van der Waals surface area contributed by atoms with Crippen molar-refractivity contribution in [1.82, 2.24) is 9.80 Å². The average molecular weight is 290 g/mol. The van der Waals surface area contributed by atoms with Crippen LogP contribution in [0.15, 0.2) is 18.2 Å². The van der Waals surface area contributed by atoms with Gasteiger partial charge in [-0.05, 0) is 44.0 Å². The van der Waals surface area contributed by atoms with Gasteiger partial charge in [-0.3, -0.25) is 4.79 Å². The van der Waals surface area contributed by atoms with Crippen LogP contribution in [-0.2, 0) is 0 Å². The Morgan fingerprint density at radius 3 is 2.57 bits per heavy atom. The third kappa shape index (κ3) is 3.67. The lowest BCUT2D eigenvalue weighted by atomic mass is 10.0. The maximum atomic E-state index is 12.6. The van der Waals surface area contributed by atoms with Crippen LogP contribution in [0.1, 0.15) is 36.5 Å². The van der Waals surface area contributed by atoms with Crippen LogP contribution in [0.3, 0.4) is 0 Å². The number of amides is 1. The van der Waals surface area contributed by atoms with Crippen molar-refractivity contribution >= 4 is 17.3 Å². The van der Waals surface area contributed by atoms with E-state index < -0.39 is 0 Å². The zero-order valence-electron chi connectivity index (χ0n) is 13.0. The van der Waals surface area contributed by atoms with E-state index in [1.165, 1.54) is 6.42 Å². The number of benzene rings is 1. The third-order valence-electron chi connectivity index (χ3n) is 4.27. The molecule has 0 saturated carbocycles. The summed E-state index contributed by atoms with van der Waals surface area (Å²) in [7, 11) is 1.87. The first kappa shape index (κ1) is 15.6. The number of rotatable bonds is 4. The van der Waals surface area contributed by atoms with E-state index in [1.807, 2.05) is 11.9 Å². The zero-order valence-corrected chi connectivity index (χ0v) is 13.0. The highest BCUT2D eigenvalue weighted by Gasteiger charge is 2.26. The first-order chi connectivity index (χ1) is 10.0. The number of nitrogen functional groups attached to an aromatic ring is 2. The van der Waals surface area contributed by atoms with E-state index in [0.717, 1.165) is 32.5 Å². The first-order valence-corrected chi connectivity index (χ1v) is 7.67. The van der Waals surface area contributed by atoms with E-state index in [9.17, 15) is 4.79 Å². The van der Waals surface area contributed by atoms with E-state index in [-0.39, 0.29) is 5.91 Å². The topological polar surface area (TPSA) is 75.6 Å². The lowest BCUT2D eigenvalue weighted by Gasteiger charge is -2.36. The van der Waals surface area contributed by atoms with Gasteiger partial charge in [0, 0.05) is 37.6 Å². The summed E-state index contributed by atoms with van der Waals surface area (Å²) >= 11 is 0. The molecule has 21 heavy (non-hydrogen) atoms. The fraction of sp³-hybridized carbons (Fsp3) is 0.562. The summed E-state index contributed by atoms with van der Waals surface area (Å²) in [6, 6.07) is 5.38. The van der Waals surface area contributed by atoms with Crippen molar-refractivity contribution in [2.24, 2.45) is 0 Å². The predicted molar refractivity (Wildman–Crippen MR) is 87.1 cm³/mol. The van der Waals surface area contributed by atoms with Crippen LogP contribution in [-0.4, -0.2) is 48.4 Å². The van der Waals surface area contributed by atoms with Gasteiger partial charge in [-0.2, -0.15) is 0 Å². The van der Waals surface area contributed by atoms with Gasteiger partial charge in [-0.15, -0.1) is 0 Å². The van der Waals surface area contributed by atoms with Gasteiger partial charge in [0.15, 0.2) is 0 Å². The third-order valence-corrected chi connectivity index (χ3v) is 4.27. The Morgan fingerprint density at radius 2 is 2.00 bits per heavy atom. The van der Waals surface area contributed by atoms with Gasteiger partial charge >= 0.3 is 0 Å². The average Bonchev–Trinajstić information content (AvgIpc) is 2.47. The Labute approximate surface area is 126 Å². The summed E-state index contributed by atoms with van der Waals surface area (Å²) in [5.74, 6) is -0.0126. The predicted octanol–water partition coefficient (Wildman–Crippen LogP) is 1.80. The summed E-state index contributed by atoms with van der Waals surface area (Å²) in [5, 5.41) is 0. The van der Waals surface area contributed by atoms with Crippen molar-refractivity contribution in [1.29, 1.82) is 0 Å². The van der Waals surface area contributed by atoms with Crippen molar-refractivity contribution in [2.45, 2.75) is 32.2 Å². The largest absolute Gasteiger partial charge is 0.399 e. The summed E-state index contributed by atoms with van der Waals surface area (Å²) in [6.07, 6.45) is 3.23. The van der Waals surface area contributed by atoms with E-state index in [4.69, 9.17) is 11.5 Å². The van der Waals surface area contributed by atoms with Gasteiger partial charge in [0.1, 0.15) is 0 Å². The Kier molecular flexibility index (Phi) is 5.07. The molecule has 1 saturated heterocycles. The van der Waals surface area contributed by atoms with Gasteiger partial charge in [0.2, 0.25) is 0 Å². The molecule has 4 N–H and O–H groups in total. The first-order valence-electron chi connectivity index (χ1n) is 7.67. The zero-order chi connectivity index (χ0) is 15.4. The second-order valence-corrected chi connectivity index (χ2v) is 5.84. The van der Waals surface area contributed by atoms with E-state index in [2.05, 4.69) is 11.8 Å². The molecule has 0 atom stereocenters. The summed E-state index contributed by atoms with van der Waals surface area (Å²) in [5.41, 5.74) is 13.2. The molecule has 0 radical (unpaired) electrons. The number of anilines is 2. The van der Waals surface area contributed by atoms with Crippen molar-refractivity contribution in [3.8, 4) is 0 Å². The second-order valence-electron chi connectivity index (χ2n) is 5.84. The Hall–Kier alpha value is -1.75. The molecule has 1 amide bonds. The highest BCUT2D eigenvalue weighted by molar-refractivity contribution is 5.99. The van der Waals surface area contributed by atoms with Crippen molar-refractivity contribution < 1.29 is 4.79 Å². The normalized spacial score (nSPS) is 16.9. The van der Waals surface area contributed by atoms with Crippen LogP contribution in [0, 0.1) is 0 Å². The Morgan fingerprint density at radius 1 is 1.33 bits per heavy atom. The number of piperidine rings is 1. The molecule has 1 aromatic carbocycles. The highest BCUT2D eigenvalue weighted by atomic mass is 16.2. The fourth-order valence-corrected chi connectivity index (χ4v) is 2.98. The summed E-state index contributed by atoms with van der Waals surface area (Å²) < 4.78 is 0. The summed E-state index contributed by atoms with van der Waals surface area (Å²) in [4.78, 5) is 16.9. The van der Waals surface area contributed by atoms with Crippen LogP contribution in [0.25, 0.3) is 0 Å². The molecular weight excluding hydrogens is 264 g/mol. The quantitative estimate of drug-likeness (QED) is 0.829. The second kappa shape index (κ2) is 6.80. The van der Waals surface area contributed by atoms with Crippen LogP contribution in [0.4, 0.5) is 11.4 Å². The standard InChI is InChI=1S/C16H26N4O/c1-3-8-20-9-6-13(7-10-20)19(2)16(21)14-5-4-12(17)11-15(14)18/h4-5,11,13H,3,6-10,17-18H2,1-2H3. The van der Waals surface area contributed by atoms with Gasteiger partial charge in [0.25, 0.3) is 5.91 Å². The Bertz CT molecular complexity index is 495. The molecule has 5 heteroatoms. The van der Waals surface area contributed by atoms with Crippen LogP contribution in [0.5, 0.6) is 0 Å². The molecule has 1 aliphatic rings. The molecule has 1 aliphatic heterocycles. The molecule has 1 heterocycles. The van der Waals surface area contributed by atoms with Gasteiger partial charge in [0.05, 0.1) is 5.56 Å². The highest BCUT2D eigenvalue weighted by Crippen LogP contribution is 2.21. The van der Waals surface area contributed by atoms with Gasteiger partial charge in [-0.25, -0.2) is 0 Å². The van der Waals surface area contributed by atoms with E-state index in [1.54, 1.807) is 18.2 Å². The Balaban J connectivity index is 2.00. The molecule has 2 rings (SSSR count). The van der Waals surface area contributed by atoms with Gasteiger partial charge in [-0.1, -0.05) is 6.92 Å². The molecule has 0 unspecified atom stereocenters. The molecule has 0 spiro atoms.